The highest BCUT2D eigenvalue weighted by Gasteiger charge is 2.27. The van der Waals surface area contributed by atoms with Gasteiger partial charge in [-0.25, -0.2) is 0 Å². The van der Waals surface area contributed by atoms with Gasteiger partial charge in [-0.2, -0.15) is 0 Å². The van der Waals surface area contributed by atoms with Gasteiger partial charge in [0, 0.05) is 39.5 Å². The van der Waals surface area contributed by atoms with Crippen molar-refractivity contribution in [3.8, 4) is 0 Å². The molecule has 168 valence electrons. The van der Waals surface area contributed by atoms with Crippen molar-refractivity contribution in [1.29, 1.82) is 0 Å². The molecule has 2 aromatic carbocycles. The fraction of sp³-hybridized carbons (Fsp3) is 0.391. The third-order valence-electron chi connectivity index (χ3n) is 4.83. The van der Waals surface area contributed by atoms with Crippen molar-refractivity contribution in [2.24, 2.45) is 0 Å². The molecule has 0 fully saturated rings. The highest BCUT2D eigenvalue weighted by atomic mass is 35.5. The summed E-state index contributed by atoms with van der Waals surface area (Å²) in [5.41, 5.74) is 1.59. The van der Waals surface area contributed by atoms with Gasteiger partial charge >= 0.3 is 0 Å². The number of nitrogens with zero attached hydrogens (tertiary/aromatic N) is 1. The number of hydrogen-bond donors (Lipinski definition) is 1. The second-order valence-corrected chi connectivity index (χ2v) is 9.33. The van der Waals surface area contributed by atoms with Crippen LogP contribution in [0.5, 0.6) is 0 Å². The summed E-state index contributed by atoms with van der Waals surface area (Å²) in [6.45, 7) is 4.52. The number of nitrogens with one attached hydrogen (secondary N) is 1. The van der Waals surface area contributed by atoms with E-state index in [1.54, 1.807) is 25.1 Å². The smallest absolute Gasteiger partial charge is 0.242 e. The molecule has 0 saturated carbocycles. The molecule has 0 saturated heterocycles. The standard InChI is InChI=1S/C23H27Cl3N2O2S/c1-3-4-12-27-23(30)16(2)28(13-18-20(25)10-7-11-21(18)26)22(29)15-31-14-17-8-5-6-9-19(17)24/h5-11,16H,3-4,12-15H2,1-2H3,(H,27,30)/t16-/m1/s1. The molecule has 0 aromatic heterocycles. The molecule has 0 aliphatic carbocycles. The van der Waals surface area contributed by atoms with Crippen LogP contribution in [0.2, 0.25) is 15.1 Å². The molecule has 0 aliphatic heterocycles. The first-order valence-electron chi connectivity index (χ1n) is 10.2. The SMILES string of the molecule is CCCCNC(=O)[C@@H](C)N(Cc1c(Cl)cccc1Cl)C(=O)CSCc1ccccc1Cl. The number of rotatable bonds is 11. The Morgan fingerprint density at radius 1 is 1.03 bits per heavy atom. The Labute approximate surface area is 203 Å². The van der Waals surface area contributed by atoms with Crippen LogP contribution in [0.15, 0.2) is 42.5 Å². The topological polar surface area (TPSA) is 49.4 Å². The maximum atomic E-state index is 13.1. The summed E-state index contributed by atoms with van der Waals surface area (Å²) in [6.07, 6.45) is 1.86. The molecule has 2 amide bonds. The Hall–Kier alpha value is -1.40. The van der Waals surface area contributed by atoms with E-state index in [2.05, 4.69) is 12.2 Å². The van der Waals surface area contributed by atoms with E-state index >= 15 is 0 Å². The summed E-state index contributed by atoms with van der Waals surface area (Å²) in [5.74, 6) is 0.454. The molecule has 0 unspecified atom stereocenters. The van der Waals surface area contributed by atoms with Crippen molar-refractivity contribution >= 4 is 58.4 Å². The van der Waals surface area contributed by atoms with Gasteiger partial charge in [0.2, 0.25) is 11.8 Å². The number of unbranched alkanes of at least 4 members (excludes halogenated alkanes) is 1. The second-order valence-electron chi connectivity index (χ2n) is 7.13. The van der Waals surface area contributed by atoms with Crippen LogP contribution in [0.4, 0.5) is 0 Å². The third-order valence-corrected chi connectivity index (χ3v) is 6.87. The van der Waals surface area contributed by atoms with E-state index in [0.717, 1.165) is 18.4 Å². The van der Waals surface area contributed by atoms with Gasteiger partial charge in [0.15, 0.2) is 0 Å². The van der Waals surface area contributed by atoms with Crippen molar-refractivity contribution in [2.75, 3.05) is 12.3 Å². The number of halogens is 3. The normalized spacial score (nSPS) is 11.8. The van der Waals surface area contributed by atoms with Gasteiger partial charge in [-0.3, -0.25) is 9.59 Å². The summed E-state index contributed by atoms with van der Waals surface area (Å²) < 4.78 is 0. The summed E-state index contributed by atoms with van der Waals surface area (Å²) in [6, 6.07) is 12.1. The molecular weight excluding hydrogens is 475 g/mol. The van der Waals surface area contributed by atoms with E-state index in [-0.39, 0.29) is 24.1 Å². The van der Waals surface area contributed by atoms with Crippen LogP contribution in [0.25, 0.3) is 0 Å². The Balaban J connectivity index is 2.12. The first kappa shape index (κ1) is 25.9. The number of amides is 2. The van der Waals surface area contributed by atoms with Crippen LogP contribution in [0, 0.1) is 0 Å². The molecule has 8 heteroatoms. The fourth-order valence-corrected chi connectivity index (χ4v) is 4.63. The van der Waals surface area contributed by atoms with Crippen molar-refractivity contribution in [3.63, 3.8) is 0 Å². The van der Waals surface area contributed by atoms with E-state index < -0.39 is 6.04 Å². The molecule has 2 aromatic rings. The lowest BCUT2D eigenvalue weighted by Gasteiger charge is -2.29. The van der Waals surface area contributed by atoms with Crippen molar-refractivity contribution in [2.45, 2.75) is 45.0 Å². The molecule has 0 radical (unpaired) electrons. The highest BCUT2D eigenvalue weighted by Crippen LogP contribution is 2.27. The zero-order chi connectivity index (χ0) is 22.8. The lowest BCUT2D eigenvalue weighted by molar-refractivity contribution is -0.138. The maximum absolute atomic E-state index is 13.1. The first-order valence-corrected chi connectivity index (χ1v) is 12.4. The second kappa shape index (κ2) is 13.2. The van der Waals surface area contributed by atoms with Gasteiger partial charge in [0.1, 0.15) is 6.04 Å². The van der Waals surface area contributed by atoms with E-state index in [0.29, 0.717) is 32.9 Å². The first-order chi connectivity index (χ1) is 14.8. The lowest BCUT2D eigenvalue weighted by atomic mass is 10.1. The molecule has 0 heterocycles. The lowest BCUT2D eigenvalue weighted by Crippen LogP contribution is -2.48. The molecule has 0 aliphatic rings. The Morgan fingerprint density at radius 3 is 2.32 bits per heavy atom. The van der Waals surface area contributed by atoms with Crippen LogP contribution in [0.1, 0.15) is 37.8 Å². The van der Waals surface area contributed by atoms with E-state index in [9.17, 15) is 9.59 Å². The summed E-state index contributed by atoms with van der Waals surface area (Å²) in [4.78, 5) is 27.3. The van der Waals surface area contributed by atoms with Gasteiger partial charge in [-0.1, -0.05) is 72.4 Å². The van der Waals surface area contributed by atoms with Crippen LogP contribution < -0.4 is 5.32 Å². The van der Waals surface area contributed by atoms with E-state index in [4.69, 9.17) is 34.8 Å². The van der Waals surface area contributed by atoms with Crippen LogP contribution in [-0.2, 0) is 21.9 Å². The predicted octanol–water partition coefficient (Wildman–Crippen LogP) is 6.21. The van der Waals surface area contributed by atoms with Crippen LogP contribution in [-0.4, -0.2) is 35.1 Å². The monoisotopic (exact) mass is 500 g/mol. The largest absolute Gasteiger partial charge is 0.354 e. The van der Waals surface area contributed by atoms with Crippen molar-refractivity contribution in [3.05, 3.63) is 68.7 Å². The highest BCUT2D eigenvalue weighted by molar-refractivity contribution is 7.99. The molecule has 2 rings (SSSR count). The molecule has 0 spiro atoms. The number of benzene rings is 2. The van der Waals surface area contributed by atoms with Crippen molar-refractivity contribution in [1.82, 2.24) is 10.2 Å². The van der Waals surface area contributed by atoms with Gasteiger partial charge < -0.3 is 10.2 Å². The van der Waals surface area contributed by atoms with Crippen LogP contribution >= 0.6 is 46.6 Å². The minimum absolute atomic E-state index is 0.159. The Kier molecular flexibility index (Phi) is 11.0. The van der Waals surface area contributed by atoms with Crippen LogP contribution in [0.3, 0.4) is 0 Å². The van der Waals surface area contributed by atoms with Gasteiger partial charge in [-0.05, 0) is 37.1 Å². The minimum atomic E-state index is -0.655. The number of thioether (sulfide) groups is 1. The van der Waals surface area contributed by atoms with Gasteiger partial charge in [0.05, 0.1) is 5.75 Å². The Morgan fingerprint density at radius 2 is 1.68 bits per heavy atom. The Bertz CT molecular complexity index is 875. The van der Waals surface area contributed by atoms with Crippen molar-refractivity contribution < 1.29 is 9.59 Å². The number of carbonyl (C=O) groups is 2. The molecule has 1 atom stereocenters. The van der Waals surface area contributed by atoms with Gasteiger partial charge in [0.25, 0.3) is 0 Å². The number of hydrogen-bond acceptors (Lipinski definition) is 3. The van der Waals surface area contributed by atoms with E-state index in [1.807, 2.05) is 24.3 Å². The predicted molar refractivity (Wildman–Crippen MR) is 132 cm³/mol. The number of carbonyl (C=O) groups excluding carboxylic acids is 2. The zero-order valence-corrected chi connectivity index (χ0v) is 20.8. The molecule has 31 heavy (non-hydrogen) atoms. The fourth-order valence-electron chi connectivity index (χ4n) is 2.92. The average Bonchev–Trinajstić information content (AvgIpc) is 2.74. The van der Waals surface area contributed by atoms with E-state index in [1.165, 1.54) is 16.7 Å². The zero-order valence-electron chi connectivity index (χ0n) is 17.7. The third kappa shape index (κ3) is 7.90. The van der Waals surface area contributed by atoms with Gasteiger partial charge in [-0.15, -0.1) is 11.8 Å². The molecule has 4 nitrogen and oxygen atoms in total. The average molecular weight is 502 g/mol. The summed E-state index contributed by atoms with van der Waals surface area (Å²) in [7, 11) is 0. The quantitative estimate of drug-likeness (QED) is 0.372. The molecule has 1 N–H and O–H groups in total. The summed E-state index contributed by atoms with van der Waals surface area (Å²) >= 11 is 20.3. The molecule has 0 bridgehead atoms. The maximum Gasteiger partial charge on any atom is 0.242 e. The molecular formula is C23H27Cl3N2O2S. The summed E-state index contributed by atoms with van der Waals surface area (Å²) in [5, 5.41) is 4.50. The minimum Gasteiger partial charge on any atom is -0.354 e.